The molecule has 0 aliphatic carbocycles. The second-order valence-corrected chi connectivity index (χ2v) is 5.34. The van der Waals surface area contributed by atoms with Gasteiger partial charge in [0.1, 0.15) is 11.6 Å². The summed E-state index contributed by atoms with van der Waals surface area (Å²) in [4.78, 5) is 11.1. The predicted molar refractivity (Wildman–Crippen MR) is 83.7 cm³/mol. The molecule has 0 fully saturated rings. The van der Waals surface area contributed by atoms with Gasteiger partial charge in [-0.15, -0.1) is 0 Å². The quantitative estimate of drug-likeness (QED) is 0.867. The van der Waals surface area contributed by atoms with E-state index in [-0.39, 0.29) is 0 Å². The van der Waals surface area contributed by atoms with E-state index in [1.165, 1.54) is 0 Å². The maximum Gasteiger partial charge on any atom is 0.133 e. The van der Waals surface area contributed by atoms with Crippen molar-refractivity contribution in [2.75, 3.05) is 10.6 Å². The Morgan fingerprint density at radius 1 is 1.15 bits per heavy atom. The second kappa shape index (κ2) is 5.90. The molecule has 4 nitrogen and oxygen atoms in total. The Bertz CT molecular complexity index is 573. The van der Waals surface area contributed by atoms with Crippen LogP contribution in [0.1, 0.15) is 30.9 Å². The van der Waals surface area contributed by atoms with Crippen LogP contribution in [0.15, 0.2) is 30.3 Å². The monoisotopic (exact) mass is 270 g/mol. The maximum atomic E-state index is 6.05. The standard InChI is InChI=1S/C16H22N4/c1-11(2)20(10-14-7-5-6-8-15(14)17)16-9-12(3)18-13(4)19-16/h5-9,11H,10,17H2,1-4H3. The highest BCUT2D eigenvalue weighted by atomic mass is 15.2. The van der Waals surface area contributed by atoms with E-state index in [1.54, 1.807) is 0 Å². The van der Waals surface area contributed by atoms with Crippen LogP contribution in [0.2, 0.25) is 0 Å². The van der Waals surface area contributed by atoms with E-state index in [2.05, 4.69) is 34.8 Å². The Labute approximate surface area is 120 Å². The van der Waals surface area contributed by atoms with E-state index in [4.69, 9.17) is 5.73 Å². The van der Waals surface area contributed by atoms with Crippen LogP contribution in [-0.4, -0.2) is 16.0 Å². The van der Waals surface area contributed by atoms with Crippen molar-refractivity contribution in [1.29, 1.82) is 0 Å². The molecule has 0 amide bonds. The number of para-hydroxylation sites is 1. The van der Waals surface area contributed by atoms with Gasteiger partial charge in [-0.2, -0.15) is 0 Å². The van der Waals surface area contributed by atoms with E-state index in [0.717, 1.165) is 35.1 Å². The number of anilines is 2. The normalized spacial score (nSPS) is 10.8. The number of nitrogens with zero attached hydrogens (tertiary/aromatic N) is 3. The molecule has 2 N–H and O–H groups in total. The molecule has 4 heteroatoms. The van der Waals surface area contributed by atoms with Gasteiger partial charge in [-0.25, -0.2) is 9.97 Å². The lowest BCUT2D eigenvalue weighted by Crippen LogP contribution is -2.31. The molecule has 106 valence electrons. The number of hydrogen-bond donors (Lipinski definition) is 1. The number of rotatable bonds is 4. The Balaban J connectivity index is 2.34. The molecule has 0 atom stereocenters. The molecular weight excluding hydrogens is 248 g/mol. The fourth-order valence-electron chi connectivity index (χ4n) is 2.23. The summed E-state index contributed by atoms with van der Waals surface area (Å²) in [5.41, 5.74) is 8.97. The van der Waals surface area contributed by atoms with Gasteiger partial charge in [0.05, 0.1) is 0 Å². The highest BCUT2D eigenvalue weighted by molar-refractivity contribution is 5.50. The van der Waals surface area contributed by atoms with Crippen LogP contribution in [0.3, 0.4) is 0 Å². The first-order chi connectivity index (χ1) is 9.47. The van der Waals surface area contributed by atoms with Crippen LogP contribution in [0.5, 0.6) is 0 Å². The van der Waals surface area contributed by atoms with Crippen molar-refractivity contribution in [2.45, 2.75) is 40.3 Å². The van der Waals surface area contributed by atoms with Crippen molar-refractivity contribution in [1.82, 2.24) is 9.97 Å². The summed E-state index contributed by atoms with van der Waals surface area (Å²) < 4.78 is 0. The van der Waals surface area contributed by atoms with Gasteiger partial charge in [-0.3, -0.25) is 0 Å². The van der Waals surface area contributed by atoms with Gasteiger partial charge < -0.3 is 10.6 Å². The molecule has 2 aromatic rings. The lowest BCUT2D eigenvalue weighted by atomic mass is 10.1. The topological polar surface area (TPSA) is 55.0 Å². The molecular formula is C16H22N4. The molecule has 0 aliphatic heterocycles. The lowest BCUT2D eigenvalue weighted by Gasteiger charge is -2.28. The Morgan fingerprint density at radius 2 is 1.85 bits per heavy atom. The molecule has 0 saturated carbocycles. The average molecular weight is 270 g/mol. The fraction of sp³-hybridized carbons (Fsp3) is 0.375. The number of nitrogens with two attached hydrogens (primary N) is 1. The van der Waals surface area contributed by atoms with E-state index in [0.29, 0.717) is 6.04 Å². The van der Waals surface area contributed by atoms with Gasteiger partial charge in [0.25, 0.3) is 0 Å². The van der Waals surface area contributed by atoms with Crippen LogP contribution in [0.4, 0.5) is 11.5 Å². The van der Waals surface area contributed by atoms with Crippen molar-refractivity contribution >= 4 is 11.5 Å². The summed E-state index contributed by atoms with van der Waals surface area (Å²) in [6.07, 6.45) is 0. The zero-order valence-corrected chi connectivity index (χ0v) is 12.6. The van der Waals surface area contributed by atoms with Crippen LogP contribution in [0, 0.1) is 13.8 Å². The number of aromatic nitrogens is 2. The van der Waals surface area contributed by atoms with Gasteiger partial charge in [0.2, 0.25) is 0 Å². The van der Waals surface area contributed by atoms with Gasteiger partial charge >= 0.3 is 0 Å². The summed E-state index contributed by atoms with van der Waals surface area (Å²) in [6, 6.07) is 10.3. The number of nitrogen functional groups attached to an aromatic ring is 1. The Kier molecular flexibility index (Phi) is 4.23. The Hall–Kier alpha value is -2.10. The van der Waals surface area contributed by atoms with Crippen LogP contribution in [0.25, 0.3) is 0 Å². The first-order valence-electron chi connectivity index (χ1n) is 6.89. The minimum Gasteiger partial charge on any atom is -0.398 e. The highest BCUT2D eigenvalue weighted by Crippen LogP contribution is 2.21. The third kappa shape index (κ3) is 3.26. The van der Waals surface area contributed by atoms with Crippen molar-refractivity contribution in [3.63, 3.8) is 0 Å². The van der Waals surface area contributed by atoms with Gasteiger partial charge in [0.15, 0.2) is 0 Å². The second-order valence-electron chi connectivity index (χ2n) is 5.34. The molecule has 1 aromatic carbocycles. The van der Waals surface area contributed by atoms with E-state index in [9.17, 15) is 0 Å². The summed E-state index contributed by atoms with van der Waals surface area (Å²) in [7, 11) is 0. The molecule has 1 heterocycles. The molecule has 2 rings (SSSR count). The first-order valence-corrected chi connectivity index (χ1v) is 6.89. The van der Waals surface area contributed by atoms with E-state index in [1.807, 2.05) is 38.1 Å². The molecule has 0 radical (unpaired) electrons. The smallest absolute Gasteiger partial charge is 0.133 e. The van der Waals surface area contributed by atoms with Crippen molar-refractivity contribution < 1.29 is 0 Å². The maximum absolute atomic E-state index is 6.05. The first kappa shape index (κ1) is 14.3. The highest BCUT2D eigenvalue weighted by Gasteiger charge is 2.14. The number of benzene rings is 1. The number of hydrogen-bond acceptors (Lipinski definition) is 4. The van der Waals surface area contributed by atoms with E-state index < -0.39 is 0 Å². The van der Waals surface area contributed by atoms with Crippen LogP contribution in [-0.2, 0) is 6.54 Å². The third-order valence-corrected chi connectivity index (χ3v) is 3.27. The molecule has 1 aromatic heterocycles. The average Bonchev–Trinajstić information content (AvgIpc) is 2.36. The van der Waals surface area contributed by atoms with Crippen molar-refractivity contribution in [3.8, 4) is 0 Å². The Morgan fingerprint density at radius 3 is 2.45 bits per heavy atom. The zero-order chi connectivity index (χ0) is 14.7. The van der Waals surface area contributed by atoms with Gasteiger partial charge in [0, 0.05) is 30.0 Å². The predicted octanol–water partition coefficient (Wildman–Crippen LogP) is 3.09. The van der Waals surface area contributed by atoms with Crippen molar-refractivity contribution in [3.05, 3.63) is 47.4 Å². The van der Waals surface area contributed by atoms with Gasteiger partial charge in [-0.05, 0) is 39.3 Å². The van der Waals surface area contributed by atoms with Crippen LogP contribution >= 0.6 is 0 Å². The molecule has 0 aliphatic rings. The molecule has 0 unspecified atom stereocenters. The zero-order valence-electron chi connectivity index (χ0n) is 12.6. The fourth-order valence-corrected chi connectivity index (χ4v) is 2.23. The largest absolute Gasteiger partial charge is 0.398 e. The van der Waals surface area contributed by atoms with Crippen LogP contribution < -0.4 is 10.6 Å². The molecule has 0 saturated heterocycles. The molecule has 0 bridgehead atoms. The summed E-state index contributed by atoms with van der Waals surface area (Å²) in [5.74, 6) is 1.75. The minimum absolute atomic E-state index is 0.336. The summed E-state index contributed by atoms with van der Waals surface area (Å²) in [6.45, 7) is 8.98. The summed E-state index contributed by atoms with van der Waals surface area (Å²) in [5, 5.41) is 0. The summed E-state index contributed by atoms with van der Waals surface area (Å²) >= 11 is 0. The SMILES string of the molecule is Cc1cc(N(Cc2ccccc2N)C(C)C)nc(C)n1. The molecule has 0 spiro atoms. The van der Waals surface area contributed by atoms with E-state index >= 15 is 0 Å². The third-order valence-electron chi connectivity index (χ3n) is 3.27. The van der Waals surface area contributed by atoms with Crippen molar-refractivity contribution in [2.24, 2.45) is 0 Å². The minimum atomic E-state index is 0.336. The molecule has 20 heavy (non-hydrogen) atoms. The van der Waals surface area contributed by atoms with Gasteiger partial charge in [-0.1, -0.05) is 18.2 Å². The number of aryl methyl sites for hydroxylation is 2. The lowest BCUT2D eigenvalue weighted by molar-refractivity contribution is 0.669.